The number of hydrogen-bond donors (Lipinski definition) is 1. The number of hydrogen-bond acceptors (Lipinski definition) is 4. The van der Waals surface area contributed by atoms with Gasteiger partial charge in [-0.3, -0.25) is 4.79 Å². The lowest BCUT2D eigenvalue weighted by molar-refractivity contribution is 0.0472. The average Bonchev–Trinajstić information content (AvgIpc) is 3.17. The van der Waals surface area contributed by atoms with Gasteiger partial charge in [-0.15, -0.1) is 11.3 Å². The molecule has 27 heavy (non-hydrogen) atoms. The largest absolute Gasteiger partial charge is 0.457 e. The SMILES string of the molecule is O=C(OCc1ccc(Cl)cc1Cl)c1ccc(Cl)c(NC(=O)c2cccs2)c1. The molecule has 0 aliphatic heterocycles. The Morgan fingerprint density at radius 3 is 2.52 bits per heavy atom. The van der Waals surface area contributed by atoms with Crippen molar-refractivity contribution in [2.45, 2.75) is 6.61 Å². The van der Waals surface area contributed by atoms with Gasteiger partial charge < -0.3 is 10.1 Å². The highest BCUT2D eigenvalue weighted by Gasteiger charge is 2.14. The molecule has 0 radical (unpaired) electrons. The molecule has 0 spiro atoms. The van der Waals surface area contributed by atoms with E-state index in [4.69, 9.17) is 39.5 Å². The first-order chi connectivity index (χ1) is 12.9. The summed E-state index contributed by atoms with van der Waals surface area (Å²) in [6, 6.07) is 12.9. The highest BCUT2D eigenvalue weighted by molar-refractivity contribution is 7.12. The van der Waals surface area contributed by atoms with Crippen molar-refractivity contribution in [1.82, 2.24) is 0 Å². The number of halogens is 3. The molecule has 1 N–H and O–H groups in total. The monoisotopic (exact) mass is 439 g/mol. The number of carbonyl (C=O) groups is 2. The second kappa shape index (κ2) is 8.76. The van der Waals surface area contributed by atoms with Crippen LogP contribution in [0.3, 0.4) is 0 Å². The Morgan fingerprint density at radius 2 is 1.81 bits per heavy atom. The van der Waals surface area contributed by atoms with Crippen LogP contribution in [0.1, 0.15) is 25.6 Å². The number of nitrogens with one attached hydrogen (secondary N) is 1. The lowest BCUT2D eigenvalue weighted by atomic mass is 10.2. The van der Waals surface area contributed by atoms with Crippen molar-refractivity contribution in [3.05, 3.63) is 85.0 Å². The third-order valence-electron chi connectivity index (χ3n) is 3.57. The summed E-state index contributed by atoms with van der Waals surface area (Å²) in [5.74, 6) is -0.866. The van der Waals surface area contributed by atoms with E-state index in [1.54, 1.807) is 35.7 Å². The standard InChI is InChI=1S/C19H12Cl3NO3S/c20-13-5-3-12(15(22)9-13)10-26-19(25)11-4-6-14(21)16(8-11)23-18(24)17-2-1-7-27-17/h1-9H,10H2,(H,23,24). The lowest BCUT2D eigenvalue weighted by Crippen LogP contribution is -2.12. The first-order valence-electron chi connectivity index (χ1n) is 7.69. The fourth-order valence-electron chi connectivity index (χ4n) is 2.21. The Bertz CT molecular complexity index is 990. The summed E-state index contributed by atoms with van der Waals surface area (Å²) >= 11 is 19.3. The molecule has 138 valence electrons. The van der Waals surface area contributed by atoms with E-state index in [1.807, 2.05) is 0 Å². The molecule has 1 heterocycles. The van der Waals surface area contributed by atoms with Crippen LogP contribution in [-0.2, 0) is 11.3 Å². The van der Waals surface area contributed by atoms with E-state index in [0.29, 0.717) is 31.2 Å². The molecule has 8 heteroatoms. The molecule has 1 amide bonds. The number of carbonyl (C=O) groups excluding carboxylic acids is 2. The molecular weight excluding hydrogens is 429 g/mol. The molecule has 4 nitrogen and oxygen atoms in total. The minimum absolute atomic E-state index is 0.00561. The zero-order valence-electron chi connectivity index (χ0n) is 13.7. The summed E-state index contributed by atoms with van der Waals surface area (Å²) < 4.78 is 5.29. The van der Waals surface area contributed by atoms with Crippen LogP contribution in [0, 0.1) is 0 Å². The molecule has 0 aliphatic carbocycles. The Morgan fingerprint density at radius 1 is 1.00 bits per heavy atom. The van der Waals surface area contributed by atoms with E-state index < -0.39 is 5.97 Å². The number of amides is 1. The molecule has 0 fully saturated rings. The van der Waals surface area contributed by atoms with Crippen molar-refractivity contribution < 1.29 is 14.3 Å². The van der Waals surface area contributed by atoms with Gasteiger partial charge >= 0.3 is 5.97 Å². The van der Waals surface area contributed by atoms with Gasteiger partial charge in [-0.25, -0.2) is 4.79 Å². The maximum atomic E-state index is 12.3. The van der Waals surface area contributed by atoms with Crippen molar-refractivity contribution in [2.24, 2.45) is 0 Å². The Labute approximate surface area is 174 Å². The molecular formula is C19H12Cl3NO3S. The van der Waals surface area contributed by atoms with Crippen LogP contribution in [0.15, 0.2) is 53.9 Å². The van der Waals surface area contributed by atoms with E-state index in [1.165, 1.54) is 29.5 Å². The normalized spacial score (nSPS) is 10.5. The average molecular weight is 441 g/mol. The summed E-state index contributed by atoms with van der Waals surface area (Å²) in [7, 11) is 0. The van der Waals surface area contributed by atoms with Crippen LogP contribution in [0.4, 0.5) is 5.69 Å². The van der Waals surface area contributed by atoms with Gasteiger partial charge in [-0.1, -0.05) is 46.9 Å². The van der Waals surface area contributed by atoms with Gasteiger partial charge in [0.05, 0.1) is 21.2 Å². The van der Waals surface area contributed by atoms with Crippen molar-refractivity contribution >= 4 is 63.7 Å². The smallest absolute Gasteiger partial charge is 0.338 e. The van der Waals surface area contributed by atoms with Gasteiger partial charge in [-0.2, -0.15) is 0 Å². The minimum atomic E-state index is -0.565. The van der Waals surface area contributed by atoms with Crippen LogP contribution in [0.2, 0.25) is 15.1 Å². The van der Waals surface area contributed by atoms with Gasteiger partial charge in [-0.05, 0) is 41.8 Å². The number of thiophene rings is 1. The van der Waals surface area contributed by atoms with Crippen molar-refractivity contribution in [1.29, 1.82) is 0 Å². The van der Waals surface area contributed by atoms with Crippen LogP contribution in [-0.4, -0.2) is 11.9 Å². The number of rotatable bonds is 5. The highest BCUT2D eigenvalue weighted by Crippen LogP contribution is 2.26. The molecule has 0 aliphatic rings. The molecule has 0 atom stereocenters. The van der Waals surface area contributed by atoms with Crippen molar-refractivity contribution in [2.75, 3.05) is 5.32 Å². The molecule has 0 bridgehead atoms. The summed E-state index contributed by atoms with van der Waals surface area (Å²) in [6.07, 6.45) is 0. The van der Waals surface area contributed by atoms with Crippen LogP contribution in [0.5, 0.6) is 0 Å². The molecule has 0 saturated carbocycles. The van der Waals surface area contributed by atoms with E-state index >= 15 is 0 Å². The van der Waals surface area contributed by atoms with Crippen molar-refractivity contribution in [3.8, 4) is 0 Å². The quantitative estimate of drug-likeness (QED) is 0.472. The minimum Gasteiger partial charge on any atom is -0.457 e. The number of benzene rings is 2. The molecule has 3 aromatic rings. The molecule has 0 unspecified atom stereocenters. The lowest BCUT2D eigenvalue weighted by Gasteiger charge is -2.10. The van der Waals surface area contributed by atoms with E-state index in [9.17, 15) is 9.59 Å². The number of anilines is 1. The molecule has 1 aromatic heterocycles. The molecule has 2 aromatic carbocycles. The summed E-state index contributed by atoms with van der Waals surface area (Å²) in [5, 5.41) is 5.72. The van der Waals surface area contributed by atoms with Crippen molar-refractivity contribution in [3.63, 3.8) is 0 Å². The van der Waals surface area contributed by atoms with Gasteiger partial charge in [0.1, 0.15) is 6.61 Å². The zero-order valence-corrected chi connectivity index (χ0v) is 16.8. The first-order valence-corrected chi connectivity index (χ1v) is 9.71. The Balaban J connectivity index is 1.70. The predicted molar refractivity (Wildman–Crippen MR) is 109 cm³/mol. The van der Waals surface area contributed by atoms with Crippen LogP contribution >= 0.6 is 46.1 Å². The topological polar surface area (TPSA) is 55.4 Å². The third-order valence-corrected chi connectivity index (χ3v) is 5.35. The Kier molecular flexibility index (Phi) is 6.39. The Hall–Kier alpha value is -2.05. The van der Waals surface area contributed by atoms with Gasteiger partial charge in [0.2, 0.25) is 0 Å². The second-order valence-corrected chi connectivity index (χ2v) is 7.64. The van der Waals surface area contributed by atoms with Crippen LogP contribution in [0.25, 0.3) is 0 Å². The second-order valence-electron chi connectivity index (χ2n) is 5.44. The maximum absolute atomic E-state index is 12.3. The first kappa shape index (κ1) is 19.7. The fourth-order valence-corrected chi connectivity index (χ4v) is 3.45. The summed E-state index contributed by atoms with van der Waals surface area (Å²) in [5.41, 5.74) is 1.22. The highest BCUT2D eigenvalue weighted by atomic mass is 35.5. The third kappa shape index (κ3) is 5.02. The fraction of sp³-hybridized carbons (Fsp3) is 0.0526. The van der Waals surface area contributed by atoms with Gasteiger partial charge in [0, 0.05) is 15.6 Å². The zero-order chi connectivity index (χ0) is 19.4. The summed E-state index contributed by atoms with van der Waals surface area (Å²) in [4.78, 5) is 25.1. The maximum Gasteiger partial charge on any atom is 0.338 e. The number of esters is 1. The van der Waals surface area contributed by atoms with E-state index in [-0.39, 0.29) is 18.1 Å². The van der Waals surface area contributed by atoms with Crippen LogP contribution < -0.4 is 5.32 Å². The predicted octanol–water partition coefficient (Wildman–Crippen LogP) is 6.32. The molecule has 0 saturated heterocycles. The summed E-state index contributed by atoms with van der Waals surface area (Å²) in [6.45, 7) is -0.00561. The van der Waals surface area contributed by atoms with E-state index in [0.717, 1.165) is 0 Å². The van der Waals surface area contributed by atoms with Gasteiger partial charge in [0.25, 0.3) is 5.91 Å². The molecule has 3 rings (SSSR count). The number of ether oxygens (including phenoxy) is 1. The van der Waals surface area contributed by atoms with E-state index in [2.05, 4.69) is 5.32 Å². The van der Waals surface area contributed by atoms with Gasteiger partial charge in [0.15, 0.2) is 0 Å².